The molecule has 0 spiro atoms. The van der Waals surface area contributed by atoms with Crippen molar-refractivity contribution in [2.24, 2.45) is 0 Å². The molecule has 1 heterocycles. The minimum Gasteiger partial charge on any atom is -0.464 e. The first kappa shape index (κ1) is 13.7. The van der Waals surface area contributed by atoms with Gasteiger partial charge >= 0.3 is 5.97 Å². The van der Waals surface area contributed by atoms with E-state index in [-0.39, 0.29) is 17.4 Å². The molecule has 0 fully saturated rings. The molecule has 102 valence electrons. The molecule has 2 aromatic rings. The first-order valence-corrected chi connectivity index (χ1v) is 5.95. The lowest BCUT2D eigenvalue weighted by Crippen LogP contribution is -2.08. The number of rotatable bonds is 4. The van der Waals surface area contributed by atoms with Gasteiger partial charge in [-0.25, -0.2) is 9.78 Å². The van der Waals surface area contributed by atoms with Gasteiger partial charge in [-0.15, -0.1) is 0 Å². The Balaban J connectivity index is 2.42. The topological polar surface area (TPSA) is 65.5 Å². The number of benzene rings is 1. The molecule has 0 amide bonds. The number of ether oxygens (including phenoxy) is 2. The molecule has 0 aliphatic carbocycles. The van der Waals surface area contributed by atoms with E-state index in [1.807, 2.05) is 6.07 Å². The average molecular weight is 271 g/mol. The Kier molecular flexibility index (Phi) is 4.10. The molecule has 1 aromatic carbocycles. The summed E-state index contributed by atoms with van der Waals surface area (Å²) in [7, 11) is 1.26. The maximum atomic E-state index is 11.6. The molecular formula is C15H13NO4. The Hall–Kier alpha value is -2.69. The van der Waals surface area contributed by atoms with Crippen molar-refractivity contribution in [3.63, 3.8) is 0 Å². The van der Waals surface area contributed by atoms with Crippen LogP contribution in [-0.4, -0.2) is 23.8 Å². The Morgan fingerprint density at radius 2 is 1.75 bits per heavy atom. The van der Waals surface area contributed by atoms with Gasteiger partial charge in [0.2, 0.25) is 5.88 Å². The summed E-state index contributed by atoms with van der Waals surface area (Å²) in [5, 5.41) is 0. The monoisotopic (exact) mass is 271 g/mol. The van der Waals surface area contributed by atoms with Crippen molar-refractivity contribution in [3.8, 4) is 11.6 Å². The third-order valence-corrected chi connectivity index (χ3v) is 2.59. The van der Waals surface area contributed by atoms with Crippen molar-refractivity contribution in [1.82, 2.24) is 4.98 Å². The molecule has 0 unspecified atom stereocenters. The van der Waals surface area contributed by atoms with E-state index in [1.165, 1.54) is 26.2 Å². The summed E-state index contributed by atoms with van der Waals surface area (Å²) in [6, 6.07) is 11.8. The van der Waals surface area contributed by atoms with Gasteiger partial charge in [-0.2, -0.15) is 0 Å². The van der Waals surface area contributed by atoms with Crippen molar-refractivity contribution in [3.05, 3.63) is 53.7 Å². The standard InChI is InChI=1S/C15H13NO4/c1-10(17)12-8-9-13(15(18)19-2)16-14(12)20-11-6-4-3-5-7-11/h3-9H,1-2H3. The maximum absolute atomic E-state index is 11.6. The summed E-state index contributed by atoms with van der Waals surface area (Å²) in [6.07, 6.45) is 0. The highest BCUT2D eigenvalue weighted by Gasteiger charge is 2.16. The predicted molar refractivity (Wildman–Crippen MR) is 72.1 cm³/mol. The molecule has 0 aliphatic rings. The van der Waals surface area contributed by atoms with Crippen LogP contribution in [0.3, 0.4) is 0 Å². The molecule has 0 radical (unpaired) electrons. The molecule has 1 aromatic heterocycles. The fourth-order valence-electron chi connectivity index (χ4n) is 1.60. The number of Topliss-reactive ketones (excluding diaryl/α,β-unsaturated/α-hetero) is 1. The van der Waals surface area contributed by atoms with Crippen molar-refractivity contribution >= 4 is 11.8 Å². The van der Waals surface area contributed by atoms with Gasteiger partial charge in [-0.3, -0.25) is 4.79 Å². The zero-order valence-corrected chi connectivity index (χ0v) is 11.1. The third kappa shape index (κ3) is 3.00. The third-order valence-electron chi connectivity index (χ3n) is 2.59. The highest BCUT2D eigenvalue weighted by molar-refractivity contribution is 5.97. The summed E-state index contributed by atoms with van der Waals surface area (Å²) < 4.78 is 10.2. The number of para-hydroxylation sites is 1. The van der Waals surface area contributed by atoms with Crippen LogP contribution in [0.5, 0.6) is 11.6 Å². The molecule has 0 atom stereocenters. The fourth-order valence-corrected chi connectivity index (χ4v) is 1.60. The smallest absolute Gasteiger partial charge is 0.356 e. The van der Waals surface area contributed by atoms with Gasteiger partial charge in [0.05, 0.1) is 12.7 Å². The molecule has 0 bridgehead atoms. The van der Waals surface area contributed by atoms with Gasteiger partial charge in [-0.1, -0.05) is 18.2 Å². The fraction of sp³-hybridized carbons (Fsp3) is 0.133. The second-order valence-corrected chi connectivity index (χ2v) is 4.01. The lowest BCUT2D eigenvalue weighted by Gasteiger charge is -2.09. The van der Waals surface area contributed by atoms with Gasteiger partial charge in [0.25, 0.3) is 0 Å². The second-order valence-electron chi connectivity index (χ2n) is 4.01. The zero-order valence-electron chi connectivity index (χ0n) is 11.1. The van der Waals surface area contributed by atoms with E-state index in [0.717, 1.165) is 0 Å². The minimum atomic E-state index is -0.585. The number of esters is 1. The number of aromatic nitrogens is 1. The predicted octanol–water partition coefficient (Wildman–Crippen LogP) is 2.86. The number of carbonyl (C=O) groups is 2. The number of methoxy groups -OCH3 is 1. The van der Waals surface area contributed by atoms with E-state index < -0.39 is 5.97 Å². The van der Waals surface area contributed by atoms with Crippen LogP contribution in [0.25, 0.3) is 0 Å². The van der Waals surface area contributed by atoms with Crippen molar-refractivity contribution in [2.75, 3.05) is 7.11 Å². The second kappa shape index (κ2) is 5.97. The van der Waals surface area contributed by atoms with E-state index in [4.69, 9.17) is 4.74 Å². The van der Waals surface area contributed by atoms with Crippen LogP contribution in [0.1, 0.15) is 27.8 Å². The van der Waals surface area contributed by atoms with Crippen LogP contribution in [0.4, 0.5) is 0 Å². The summed E-state index contributed by atoms with van der Waals surface area (Å²) in [5.74, 6) is -0.158. The summed E-state index contributed by atoms with van der Waals surface area (Å²) >= 11 is 0. The normalized spacial score (nSPS) is 9.90. The van der Waals surface area contributed by atoms with Gasteiger partial charge in [0.15, 0.2) is 11.5 Å². The highest BCUT2D eigenvalue weighted by atomic mass is 16.5. The Morgan fingerprint density at radius 1 is 1.05 bits per heavy atom. The number of nitrogens with zero attached hydrogens (tertiary/aromatic N) is 1. The van der Waals surface area contributed by atoms with Crippen molar-refractivity contribution in [2.45, 2.75) is 6.92 Å². The number of carbonyl (C=O) groups excluding carboxylic acids is 2. The zero-order chi connectivity index (χ0) is 14.5. The Morgan fingerprint density at radius 3 is 2.35 bits per heavy atom. The SMILES string of the molecule is COC(=O)c1ccc(C(C)=O)c(Oc2ccccc2)n1. The quantitative estimate of drug-likeness (QED) is 0.632. The van der Waals surface area contributed by atoms with Crippen LogP contribution < -0.4 is 4.74 Å². The van der Waals surface area contributed by atoms with Gasteiger partial charge in [0, 0.05) is 0 Å². The molecule has 2 rings (SSSR count). The largest absolute Gasteiger partial charge is 0.464 e. The molecule has 20 heavy (non-hydrogen) atoms. The van der Waals surface area contributed by atoms with Crippen LogP contribution >= 0.6 is 0 Å². The van der Waals surface area contributed by atoms with Crippen LogP contribution in [-0.2, 0) is 4.74 Å². The lowest BCUT2D eigenvalue weighted by molar-refractivity contribution is 0.0592. The molecule has 0 saturated carbocycles. The number of hydrogen-bond donors (Lipinski definition) is 0. The Labute approximate surface area is 116 Å². The number of hydrogen-bond acceptors (Lipinski definition) is 5. The average Bonchev–Trinajstić information content (AvgIpc) is 2.47. The molecule has 5 heteroatoms. The maximum Gasteiger partial charge on any atom is 0.356 e. The molecule has 5 nitrogen and oxygen atoms in total. The highest BCUT2D eigenvalue weighted by Crippen LogP contribution is 2.24. The Bertz CT molecular complexity index is 638. The summed E-state index contributed by atoms with van der Waals surface area (Å²) in [6.45, 7) is 1.41. The summed E-state index contributed by atoms with van der Waals surface area (Å²) in [5.41, 5.74) is 0.393. The van der Waals surface area contributed by atoms with Gasteiger partial charge < -0.3 is 9.47 Å². The van der Waals surface area contributed by atoms with E-state index in [9.17, 15) is 9.59 Å². The van der Waals surface area contributed by atoms with Gasteiger partial charge in [-0.05, 0) is 31.2 Å². The van der Waals surface area contributed by atoms with Crippen molar-refractivity contribution < 1.29 is 19.1 Å². The van der Waals surface area contributed by atoms with E-state index in [2.05, 4.69) is 9.72 Å². The molecular weight excluding hydrogens is 258 g/mol. The first-order valence-electron chi connectivity index (χ1n) is 5.95. The minimum absolute atomic E-state index is 0.0865. The number of pyridine rings is 1. The lowest BCUT2D eigenvalue weighted by atomic mass is 10.2. The number of ketones is 1. The van der Waals surface area contributed by atoms with E-state index in [1.54, 1.807) is 24.3 Å². The van der Waals surface area contributed by atoms with E-state index >= 15 is 0 Å². The first-order chi connectivity index (χ1) is 9.61. The molecule has 0 N–H and O–H groups in total. The summed E-state index contributed by atoms with van der Waals surface area (Å²) in [4.78, 5) is 27.1. The van der Waals surface area contributed by atoms with Crippen LogP contribution in [0, 0.1) is 0 Å². The van der Waals surface area contributed by atoms with E-state index in [0.29, 0.717) is 11.3 Å². The van der Waals surface area contributed by atoms with Crippen LogP contribution in [0.2, 0.25) is 0 Å². The molecule has 0 saturated heterocycles. The van der Waals surface area contributed by atoms with Crippen LogP contribution in [0.15, 0.2) is 42.5 Å². The van der Waals surface area contributed by atoms with Crippen molar-refractivity contribution in [1.29, 1.82) is 0 Å². The van der Waals surface area contributed by atoms with Gasteiger partial charge in [0.1, 0.15) is 5.75 Å². The molecule has 0 aliphatic heterocycles.